The highest BCUT2D eigenvalue weighted by Crippen LogP contribution is 2.19. The van der Waals surface area contributed by atoms with Crippen LogP contribution in [0, 0.1) is 0 Å². The molecule has 0 unspecified atom stereocenters. The molecule has 1 N–H and O–H groups in total. The molecule has 0 spiro atoms. The van der Waals surface area contributed by atoms with Crippen molar-refractivity contribution in [2.75, 3.05) is 19.0 Å². The van der Waals surface area contributed by atoms with Gasteiger partial charge in [0.2, 0.25) is 11.0 Å². The summed E-state index contributed by atoms with van der Waals surface area (Å²) in [5, 5.41) is 11.8. The fraction of sp³-hybridized carbons (Fsp3) is 0.471. The zero-order valence-corrected chi connectivity index (χ0v) is 15.1. The summed E-state index contributed by atoms with van der Waals surface area (Å²) >= 11 is 1.32. The Morgan fingerprint density at radius 3 is 2.67 bits per heavy atom. The third kappa shape index (κ3) is 5.90. The quantitative estimate of drug-likeness (QED) is 0.700. The molecule has 0 aliphatic carbocycles. The molecule has 1 amide bonds. The molecular weight excluding hydrogens is 326 g/mol. The first-order valence-corrected chi connectivity index (χ1v) is 8.74. The highest BCUT2D eigenvalue weighted by molar-refractivity contribution is 7.15. The number of benzene rings is 1. The van der Waals surface area contributed by atoms with Crippen LogP contribution in [0.4, 0.5) is 5.13 Å². The monoisotopic (exact) mass is 349 g/mol. The highest BCUT2D eigenvalue weighted by atomic mass is 32.1. The molecule has 0 fully saturated rings. The van der Waals surface area contributed by atoms with Crippen LogP contribution in [0.3, 0.4) is 0 Å². The number of ether oxygens (including phenoxy) is 2. The van der Waals surface area contributed by atoms with Gasteiger partial charge < -0.3 is 14.8 Å². The molecule has 0 aliphatic rings. The molecule has 1 aromatic heterocycles. The summed E-state index contributed by atoms with van der Waals surface area (Å²) in [6.07, 6.45) is 1.02. The minimum absolute atomic E-state index is 0.0890. The number of rotatable bonds is 9. The van der Waals surface area contributed by atoms with E-state index in [1.54, 1.807) is 7.11 Å². The van der Waals surface area contributed by atoms with E-state index in [1.165, 1.54) is 16.9 Å². The molecule has 0 saturated carbocycles. The second-order valence-electron chi connectivity index (χ2n) is 5.66. The van der Waals surface area contributed by atoms with Crippen LogP contribution in [0.2, 0.25) is 0 Å². The topological polar surface area (TPSA) is 73.3 Å². The maximum atomic E-state index is 11.9. The summed E-state index contributed by atoms with van der Waals surface area (Å²) in [7, 11) is 1.59. The zero-order chi connectivity index (χ0) is 17.4. The summed E-state index contributed by atoms with van der Waals surface area (Å²) in [4.78, 5) is 11.9. The Morgan fingerprint density at radius 1 is 1.25 bits per heavy atom. The first kappa shape index (κ1) is 18.4. The molecule has 0 radical (unpaired) electrons. The molecule has 7 heteroatoms. The average molecular weight is 349 g/mol. The molecule has 1 aromatic carbocycles. The maximum absolute atomic E-state index is 11.9. The minimum atomic E-state index is -0.0890. The number of aromatic nitrogens is 2. The largest absolute Gasteiger partial charge is 0.494 e. The molecule has 0 saturated heterocycles. The van der Waals surface area contributed by atoms with Crippen molar-refractivity contribution in [1.82, 2.24) is 10.2 Å². The van der Waals surface area contributed by atoms with Gasteiger partial charge in [-0.25, -0.2) is 0 Å². The SMILES string of the molecule is COCc1nnc(NC(=O)CCCOc2ccc(C(C)C)cc2)s1. The summed E-state index contributed by atoms with van der Waals surface area (Å²) in [5.41, 5.74) is 1.28. The van der Waals surface area contributed by atoms with Gasteiger partial charge in [-0.15, -0.1) is 10.2 Å². The van der Waals surface area contributed by atoms with Crippen LogP contribution in [0.1, 0.15) is 43.2 Å². The van der Waals surface area contributed by atoms with Crippen molar-refractivity contribution in [3.8, 4) is 5.75 Å². The number of carbonyl (C=O) groups excluding carboxylic acids is 1. The summed E-state index contributed by atoms with van der Waals surface area (Å²) in [6, 6.07) is 8.07. The molecule has 6 nitrogen and oxygen atoms in total. The third-order valence-corrected chi connectivity index (χ3v) is 4.16. The number of nitrogens with zero attached hydrogens (tertiary/aromatic N) is 2. The normalized spacial score (nSPS) is 10.8. The van der Waals surface area contributed by atoms with Gasteiger partial charge in [-0.2, -0.15) is 0 Å². The Morgan fingerprint density at radius 2 is 2.00 bits per heavy atom. The molecule has 130 valence electrons. The van der Waals surface area contributed by atoms with Crippen molar-refractivity contribution in [2.24, 2.45) is 0 Å². The molecule has 0 bridgehead atoms. The summed E-state index contributed by atoms with van der Waals surface area (Å²) in [5.74, 6) is 1.24. The van der Waals surface area contributed by atoms with Gasteiger partial charge >= 0.3 is 0 Å². The fourth-order valence-electron chi connectivity index (χ4n) is 2.04. The van der Waals surface area contributed by atoms with Gasteiger partial charge in [-0.3, -0.25) is 4.79 Å². The van der Waals surface area contributed by atoms with Crippen molar-refractivity contribution in [3.63, 3.8) is 0 Å². The second-order valence-corrected chi connectivity index (χ2v) is 6.72. The van der Waals surface area contributed by atoms with Crippen LogP contribution in [0.25, 0.3) is 0 Å². The van der Waals surface area contributed by atoms with E-state index >= 15 is 0 Å². The number of hydrogen-bond acceptors (Lipinski definition) is 6. The number of nitrogens with one attached hydrogen (secondary N) is 1. The predicted octanol–water partition coefficient (Wildman–Crippen LogP) is 3.61. The van der Waals surface area contributed by atoms with Crippen molar-refractivity contribution >= 4 is 22.4 Å². The van der Waals surface area contributed by atoms with Crippen LogP contribution in [0.5, 0.6) is 5.75 Å². The van der Waals surface area contributed by atoms with Gasteiger partial charge in [0.15, 0.2) is 0 Å². The van der Waals surface area contributed by atoms with E-state index in [0.29, 0.717) is 37.1 Å². The van der Waals surface area contributed by atoms with Crippen LogP contribution in [0.15, 0.2) is 24.3 Å². The standard InChI is InChI=1S/C17H23N3O3S/c1-12(2)13-6-8-14(9-7-13)23-10-4-5-15(21)18-17-20-19-16(24-17)11-22-3/h6-9,12H,4-5,10-11H2,1-3H3,(H,18,20,21). The molecule has 0 atom stereocenters. The summed E-state index contributed by atoms with van der Waals surface area (Å²) < 4.78 is 10.6. The van der Waals surface area contributed by atoms with Crippen molar-refractivity contribution in [3.05, 3.63) is 34.8 Å². The molecular formula is C17H23N3O3S. The lowest BCUT2D eigenvalue weighted by atomic mass is 10.0. The Labute approximate surface area is 146 Å². The van der Waals surface area contributed by atoms with E-state index in [2.05, 4.69) is 41.5 Å². The molecule has 2 rings (SSSR count). The van der Waals surface area contributed by atoms with Crippen LogP contribution >= 0.6 is 11.3 Å². The van der Waals surface area contributed by atoms with Gasteiger partial charge in [0.05, 0.1) is 6.61 Å². The van der Waals surface area contributed by atoms with Crippen LogP contribution in [-0.2, 0) is 16.1 Å². The fourth-order valence-corrected chi connectivity index (χ4v) is 2.77. The van der Waals surface area contributed by atoms with Gasteiger partial charge in [-0.05, 0) is 30.0 Å². The number of methoxy groups -OCH3 is 1. The minimum Gasteiger partial charge on any atom is -0.494 e. The lowest BCUT2D eigenvalue weighted by molar-refractivity contribution is -0.116. The lowest BCUT2D eigenvalue weighted by Crippen LogP contribution is -2.12. The average Bonchev–Trinajstić information content (AvgIpc) is 2.99. The number of anilines is 1. The molecule has 0 aliphatic heterocycles. The Hall–Kier alpha value is -1.99. The Bertz CT molecular complexity index is 641. The Balaban J connectivity index is 1.66. The van der Waals surface area contributed by atoms with E-state index in [1.807, 2.05) is 12.1 Å². The van der Waals surface area contributed by atoms with E-state index in [-0.39, 0.29) is 5.91 Å². The van der Waals surface area contributed by atoms with E-state index in [0.717, 1.165) is 10.8 Å². The lowest BCUT2D eigenvalue weighted by Gasteiger charge is -2.08. The number of amides is 1. The Kier molecular flexibility index (Phi) is 7.14. The van der Waals surface area contributed by atoms with E-state index in [4.69, 9.17) is 9.47 Å². The number of carbonyl (C=O) groups is 1. The van der Waals surface area contributed by atoms with Crippen molar-refractivity contribution in [1.29, 1.82) is 0 Å². The number of hydrogen-bond donors (Lipinski definition) is 1. The van der Waals surface area contributed by atoms with Gasteiger partial charge in [0.1, 0.15) is 17.4 Å². The maximum Gasteiger partial charge on any atom is 0.226 e. The van der Waals surface area contributed by atoms with E-state index in [9.17, 15) is 4.79 Å². The first-order valence-electron chi connectivity index (χ1n) is 7.92. The smallest absolute Gasteiger partial charge is 0.226 e. The summed E-state index contributed by atoms with van der Waals surface area (Å²) in [6.45, 7) is 5.21. The van der Waals surface area contributed by atoms with Gasteiger partial charge in [0, 0.05) is 13.5 Å². The molecule has 2 aromatic rings. The third-order valence-electron chi connectivity index (χ3n) is 3.34. The van der Waals surface area contributed by atoms with E-state index < -0.39 is 0 Å². The van der Waals surface area contributed by atoms with Gasteiger partial charge in [0.25, 0.3) is 0 Å². The second kappa shape index (κ2) is 9.34. The van der Waals surface area contributed by atoms with Crippen molar-refractivity contribution < 1.29 is 14.3 Å². The van der Waals surface area contributed by atoms with Crippen LogP contribution < -0.4 is 10.1 Å². The molecule has 1 heterocycles. The molecule has 24 heavy (non-hydrogen) atoms. The first-order chi connectivity index (χ1) is 11.6. The van der Waals surface area contributed by atoms with Crippen LogP contribution in [-0.4, -0.2) is 29.8 Å². The predicted molar refractivity (Wildman–Crippen MR) is 94.5 cm³/mol. The van der Waals surface area contributed by atoms with Gasteiger partial charge in [-0.1, -0.05) is 37.3 Å². The highest BCUT2D eigenvalue weighted by Gasteiger charge is 2.08. The zero-order valence-electron chi connectivity index (χ0n) is 14.2. The van der Waals surface area contributed by atoms with Crippen molar-refractivity contribution in [2.45, 2.75) is 39.2 Å².